The van der Waals surface area contributed by atoms with Crippen molar-refractivity contribution in [2.24, 2.45) is 5.92 Å². The highest BCUT2D eigenvalue weighted by atomic mass is 16.5. The smallest absolute Gasteiger partial charge is 0.323 e. The first-order valence-electron chi connectivity index (χ1n) is 6.14. The Labute approximate surface area is 102 Å². The number of carboxylic acids is 1. The summed E-state index contributed by atoms with van der Waals surface area (Å²) in [5, 5.41) is 12.2. The summed E-state index contributed by atoms with van der Waals surface area (Å²) in [4.78, 5) is 22.6. The van der Waals surface area contributed by atoms with Crippen molar-refractivity contribution in [2.45, 2.75) is 45.1 Å². The van der Waals surface area contributed by atoms with Crippen LogP contribution in [0.25, 0.3) is 0 Å². The molecule has 1 rings (SSSR count). The molecule has 5 nitrogen and oxygen atoms in total. The number of carboxylic acid groups (broad SMARTS) is 1. The van der Waals surface area contributed by atoms with Crippen molar-refractivity contribution in [3.63, 3.8) is 0 Å². The normalized spacial score (nSPS) is 28.7. The number of carbonyl (C=O) groups is 2. The van der Waals surface area contributed by atoms with E-state index in [-0.39, 0.29) is 6.54 Å². The minimum atomic E-state index is -0.954. The van der Waals surface area contributed by atoms with E-state index in [1.165, 1.54) is 0 Å². The first kappa shape index (κ1) is 14.0. The summed E-state index contributed by atoms with van der Waals surface area (Å²) in [6, 6.07) is 0. The van der Waals surface area contributed by atoms with Crippen molar-refractivity contribution in [3.05, 3.63) is 0 Å². The molecule has 5 heteroatoms. The highest BCUT2D eigenvalue weighted by Crippen LogP contribution is 2.32. The lowest BCUT2D eigenvalue weighted by Crippen LogP contribution is -2.56. The van der Waals surface area contributed by atoms with Gasteiger partial charge in [0.15, 0.2) is 0 Å². The zero-order chi connectivity index (χ0) is 12.9. The molecule has 1 aliphatic rings. The Balaban J connectivity index is 2.59. The number of hydrogen-bond acceptors (Lipinski definition) is 4. The molecular formula is C12H21NO4. The Morgan fingerprint density at radius 3 is 2.76 bits per heavy atom. The van der Waals surface area contributed by atoms with E-state index in [0.29, 0.717) is 25.4 Å². The molecule has 1 aliphatic carbocycles. The van der Waals surface area contributed by atoms with Crippen LogP contribution in [0.3, 0.4) is 0 Å². The van der Waals surface area contributed by atoms with Crippen LogP contribution in [-0.2, 0) is 14.3 Å². The minimum absolute atomic E-state index is 0.0349. The molecule has 2 N–H and O–H groups in total. The Bertz CT molecular complexity index is 292. The molecule has 0 radical (unpaired) electrons. The largest absolute Gasteiger partial charge is 0.480 e. The van der Waals surface area contributed by atoms with Crippen LogP contribution in [0.1, 0.15) is 39.5 Å². The summed E-state index contributed by atoms with van der Waals surface area (Å²) < 4.78 is 4.79. The molecule has 1 saturated carbocycles. The van der Waals surface area contributed by atoms with Gasteiger partial charge in [0.25, 0.3) is 0 Å². The van der Waals surface area contributed by atoms with Crippen LogP contribution in [0.4, 0.5) is 0 Å². The lowest BCUT2D eigenvalue weighted by atomic mass is 9.76. The van der Waals surface area contributed by atoms with E-state index in [1.54, 1.807) is 6.92 Å². The van der Waals surface area contributed by atoms with Gasteiger partial charge in [0.05, 0.1) is 13.2 Å². The Hall–Kier alpha value is -1.10. The van der Waals surface area contributed by atoms with Crippen molar-refractivity contribution >= 4 is 11.9 Å². The molecule has 0 aliphatic heterocycles. The summed E-state index contributed by atoms with van der Waals surface area (Å²) in [6.45, 7) is 4.06. The van der Waals surface area contributed by atoms with Gasteiger partial charge in [0, 0.05) is 0 Å². The molecule has 0 aromatic rings. The Morgan fingerprint density at radius 2 is 2.24 bits per heavy atom. The fourth-order valence-corrected chi connectivity index (χ4v) is 2.44. The second-order valence-electron chi connectivity index (χ2n) is 4.75. The fraction of sp³-hybridized carbons (Fsp3) is 0.833. The van der Waals surface area contributed by atoms with Gasteiger partial charge in [-0.25, -0.2) is 0 Å². The van der Waals surface area contributed by atoms with E-state index >= 15 is 0 Å². The van der Waals surface area contributed by atoms with Gasteiger partial charge in [0.1, 0.15) is 5.54 Å². The summed E-state index contributed by atoms with van der Waals surface area (Å²) >= 11 is 0. The van der Waals surface area contributed by atoms with Crippen molar-refractivity contribution in [3.8, 4) is 0 Å². The molecule has 2 atom stereocenters. The van der Waals surface area contributed by atoms with Crippen molar-refractivity contribution in [1.82, 2.24) is 5.32 Å². The SMILES string of the molecule is CCOC(=O)CNC1(C(=O)O)CCCC(C)C1. The van der Waals surface area contributed by atoms with E-state index in [0.717, 1.165) is 12.8 Å². The highest BCUT2D eigenvalue weighted by Gasteiger charge is 2.41. The predicted octanol–water partition coefficient (Wildman–Crippen LogP) is 1.17. The highest BCUT2D eigenvalue weighted by molar-refractivity contribution is 5.80. The zero-order valence-electron chi connectivity index (χ0n) is 10.5. The number of esters is 1. The van der Waals surface area contributed by atoms with Crippen LogP contribution >= 0.6 is 0 Å². The first-order chi connectivity index (χ1) is 8.00. The van der Waals surface area contributed by atoms with Crippen LogP contribution in [0.2, 0.25) is 0 Å². The molecule has 0 aromatic heterocycles. The van der Waals surface area contributed by atoms with Crippen molar-refractivity contribution < 1.29 is 19.4 Å². The molecule has 0 amide bonds. The molecular weight excluding hydrogens is 222 g/mol. The summed E-state index contributed by atoms with van der Waals surface area (Å²) in [5.41, 5.74) is -0.954. The topological polar surface area (TPSA) is 75.6 Å². The van der Waals surface area contributed by atoms with Crippen LogP contribution in [-0.4, -0.2) is 35.7 Å². The van der Waals surface area contributed by atoms with Gasteiger partial charge in [-0.2, -0.15) is 0 Å². The predicted molar refractivity (Wildman–Crippen MR) is 62.6 cm³/mol. The Kier molecular flexibility index (Phi) is 4.93. The van der Waals surface area contributed by atoms with Crippen LogP contribution in [0.15, 0.2) is 0 Å². The standard InChI is InChI=1S/C12H21NO4/c1-3-17-10(14)8-13-12(11(15)16)6-4-5-9(2)7-12/h9,13H,3-8H2,1-2H3,(H,15,16). The van der Waals surface area contributed by atoms with Gasteiger partial charge in [0.2, 0.25) is 0 Å². The van der Waals surface area contributed by atoms with Gasteiger partial charge in [-0.05, 0) is 25.7 Å². The molecule has 17 heavy (non-hydrogen) atoms. The van der Waals surface area contributed by atoms with Gasteiger partial charge in [-0.15, -0.1) is 0 Å². The molecule has 0 aromatic carbocycles. The molecule has 0 heterocycles. The van der Waals surface area contributed by atoms with Crippen molar-refractivity contribution in [1.29, 1.82) is 0 Å². The molecule has 1 fully saturated rings. The Morgan fingerprint density at radius 1 is 1.53 bits per heavy atom. The molecule has 2 unspecified atom stereocenters. The van der Waals surface area contributed by atoms with Crippen LogP contribution in [0, 0.1) is 5.92 Å². The van der Waals surface area contributed by atoms with Crippen LogP contribution < -0.4 is 5.32 Å². The summed E-state index contributed by atoms with van der Waals surface area (Å²) in [7, 11) is 0. The maximum atomic E-state index is 11.4. The van der Waals surface area contributed by atoms with E-state index in [9.17, 15) is 14.7 Å². The van der Waals surface area contributed by atoms with Gasteiger partial charge in [-0.1, -0.05) is 19.8 Å². The number of hydrogen-bond donors (Lipinski definition) is 2. The number of carbonyl (C=O) groups excluding carboxylic acids is 1. The quantitative estimate of drug-likeness (QED) is 0.709. The second-order valence-corrected chi connectivity index (χ2v) is 4.75. The monoisotopic (exact) mass is 243 g/mol. The lowest BCUT2D eigenvalue weighted by molar-refractivity contribution is -0.149. The first-order valence-corrected chi connectivity index (χ1v) is 6.14. The maximum absolute atomic E-state index is 11.4. The number of ether oxygens (including phenoxy) is 1. The molecule has 0 spiro atoms. The minimum Gasteiger partial charge on any atom is -0.480 e. The number of aliphatic carboxylic acids is 1. The summed E-state index contributed by atoms with van der Waals surface area (Å²) in [5.74, 6) is -0.894. The van der Waals surface area contributed by atoms with Gasteiger partial charge in [-0.3, -0.25) is 14.9 Å². The van der Waals surface area contributed by atoms with Crippen LogP contribution in [0.5, 0.6) is 0 Å². The molecule has 0 bridgehead atoms. The molecule has 0 saturated heterocycles. The van der Waals surface area contributed by atoms with Gasteiger partial charge >= 0.3 is 11.9 Å². The van der Waals surface area contributed by atoms with E-state index < -0.39 is 17.5 Å². The third-order valence-electron chi connectivity index (χ3n) is 3.28. The third-order valence-corrected chi connectivity index (χ3v) is 3.28. The maximum Gasteiger partial charge on any atom is 0.323 e. The average Bonchev–Trinajstić information content (AvgIpc) is 2.27. The van der Waals surface area contributed by atoms with E-state index in [2.05, 4.69) is 5.32 Å². The van der Waals surface area contributed by atoms with E-state index in [4.69, 9.17) is 4.74 Å². The number of nitrogens with one attached hydrogen (secondary N) is 1. The average molecular weight is 243 g/mol. The van der Waals surface area contributed by atoms with Gasteiger partial charge < -0.3 is 9.84 Å². The molecule has 98 valence electrons. The fourth-order valence-electron chi connectivity index (χ4n) is 2.44. The van der Waals surface area contributed by atoms with E-state index in [1.807, 2.05) is 6.92 Å². The second kappa shape index (κ2) is 6.00. The number of rotatable bonds is 5. The lowest BCUT2D eigenvalue weighted by Gasteiger charge is -2.37. The third kappa shape index (κ3) is 3.70. The summed E-state index contributed by atoms with van der Waals surface area (Å²) in [6.07, 6.45) is 3.08. The van der Waals surface area contributed by atoms with Crippen molar-refractivity contribution in [2.75, 3.05) is 13.2 Å². The zero-order valence-corrected chi connectivity index (χ0v) is 10.5.